The Morgan fingerprint density at radius 1 is 1.17 bits per heavy atom. The van der Waals surface area contributed by atoms with Crippen LogP contribution in [0.4, 0.5) is 9.18 Å². The van der Waals surface area contributed by atoms with Crippen molar-refractivity contribution < 1.29 is 9.18 Å². The van der Waals surface area contributed by atoms with Gasteiger partial charge in [0.2, 0.25) is 0 Å². The Morgan fingerprint density at radius 3 is 2.52 bits per heavy atom. The zero-order valence-corrected chi connectivity index (χ0v) is 18.2. The third-order valence-electron chi connectivity index (χ3n) is 5.88. The standard InChI is InChI=1S/C21H33ClFN5O/c1-16(15-27-12-10-26(2)11-13-27)25-21(29)24-14-19(28-8-3-4-9-28)20-17(22)6-5-7-18(20)23/h5-7,16,19H,3-4,8-15H2,1-2H3,(H2,24,25,29). The molecular formula is C21H33ClFN5O. The molecule has 29 heavy (non-hydrogen) atoms. The van der Waals surface area contributed by atoms with E-state index in [0.29, 0.717) is 17.1 Å². The number of likely N-dealkylation sites (tertiary alicyclic amines) is 1. The zero-order chi connectivity index (χ0) is 20.8. The molecular weight excluding hydrogens is 393 g/mol. The largest absolute Gasteiger partial charge is 0.336 e. The molecule has 2 aliphatic heterocycles. The van der Waals surface area contributed by atoms with Gasteiger partial charge in [-0.1, -0.05) is 17.7 Å². The minimum absolute atomic E-state index is 0.0423. The van der Waals surface area contributed by atoms with Crippen LogP contribution in [0.3, 0.4) is 0 Å². The molecule has 2 aliphatic rings. The summed E-state index contributed by atoms with van der Waals surface area (Å²) in [6, 6.07) is 4.32. The van der Waals surface area contributed by atoms with Gasteiger partial charge in [0.1, 0.15) is 5.82 Å². The number of carbonyl (C=O) groups is 1. The Hall–Kier alpha value is -1.41. The van der Waals surface area contributed by atoms with Gasteiger partial charge < -0.3 is 15.5 Å². The molecule has 0 aliphatic carbocycles. The van der Waals surface area contributed by atoms with Crippen molar-refractivity contribution in [2.45, 2.75) is 31.8 Å². The zero-order valence-electron chi connectivity index (χ0n) is 17.5. The van der Waals surface area contributed by atoms with E-state index in [1.165, 1.54) is 6.07 Å². The van der Waals surface area contributed by atoms with Crippen molar-refractivity contribution in [2.75, 3.05) is 59.4 Å². The number of nitrogens with zero attached hydrogens (tertiary/aromatic N) is 3. The van der Waals surface area contributed by atoms with E-state index in [2.05, 4.69) is 32.4 Å². The summed E-state index contributed by atoms with van der Waals surface area (Å²) < 4.78 is 14.5. The average Bonchev–Trinajstić information content (AvgIpc) is 3.20. The van der Waals surface area contributed by atoms with Gasteiger partial charge in [0, 0.05) is 55.9 Å². The number of urea groups is 1. The number of likely N-dealkylation sites (N-methyl/N-ethyl adjacent to an activating group) is 1. The lowest BCUT2D eigenvalue weighted by Crippen LogP contribution is -2.51. The molecule has 2 unspecified atom stereocenters. The Morgan fingerprint density at radius 2 is 1.86 bits per heavy atom. The van der Waals surface area contributed by atoms with Gasteiger partial charge in [-0.15, -0.1) is 0 Å². The number of rotatable bonds is 7. The van der Waals surface area contributed by atoms with Gasteiger partial charge in [-0.2, -0.15) is 0 Å². The van der Waals surface area contributed by atoms with E-state index in [1.54, 1.807) is 12.1 Å². The van der Waals surface area contributed by atoms with E-state index in [-0.39, 0.29) is 23.9 Å². The minimum Gasteiger partial charge on any atom is -0.336 e. The number of amides is 2. The smallest absolute Gasteiger partial charge is 0.315 e. The van der Waals surface area contributed by atoms with E-state index < -0.39 is 0 Å². The fraction of sp³-hybridized carbons (Fsp3) is 0.667. The Balaban J connectivity index is 1.54. The van der Waals surface area contributed by atoms with Gasteiger partial charge in [-0.25, -0.2) is 9.18 Å². The van der Waals surface area contributed by atoms with Crippen LogP contribution >= 0.6 is 11.6 Å². The number of halogens is 2. The molecule has 0 saturated carbocycles. The lowest BCUT2D eigenvalue weighted by Gasteiger charge is -2.34. The predicted octanol–water partition coefficient (Wildman–Crippen LogP) is 2.55. The van der Waals surface area contributed by atoms with Crippen molar-refractivity contribution in [3.8, 4) is 0 Å². The predicted molar refractivity (Wildman–Crippen MR) is 115 cm³/mol. The second-order valence-electron chi connectivity index (χ2n) is 8.25. The van der Waals surface area contributed by atoms with Crippen LogP contribution in [0.5, 0.6) is 0 Å². The number of hydrogen-bond donors (Lipinski definition) is 2. The highest BCUT2D eigenvalue weighted by Crippen LogP contribution is 2.31. The van der Waals surface area contributed by atoms with Crippen molar-refractivity contribution in [3.05, 3.63) is 34.6 Å². The van der Waals surface area contributed by atoms with Crippen LogP contribution in [0.1, 0.15) is 31.4 Å². The van der Waals surface area contributed by atoms with Gasteiger partial charge in [-0.05, 0) is 52.0 Å². The molecule has 1 aromatic carbocycles. The normalized spacial score (nSPS) is 21.1. The minimum atomic E-state index is -0.319. The molecule has 0 aromatic heterocycles. The molecule has 0 radical (unpaired) electrons. The summed E-state index contributed by atoms with van der Waals surface area (Å²) in [5.74, 6) is -0.319. The number of benzene rings is 1. The summed E-state index contributed by atoms with van der Waals surface area (Å²) in [5, 5.41) is 6.37. The summed E-state index contributed by atoms with van der Waals surface area (Å²) in [6.07, 6.45) is 2.16. The fourth-order valence-corrected chi connectivity index (χ4v) is 4.51. The molecule has 2 atom stereocenters. The second kappa shape index (κ2) is 10.6. The van der Waals surface area contributed by atoms with Crippen LogP contribution in [0.25, 0.3) is 0 Å². The van der Waals surface area contributed by atoms with Gasteiger partial charge in [0.15, 0.2) is 0 Å². The molecule has 0 bridgehead atoms. The Labute approximate surface area is 178 Å². The van der Waals surface area contributed by atoms with Crippen LogP contribution in [0, 0.1) is 5.82 Å². The monoisotopic (exact) mass is 425 g/mol. The summed E-state index contributed by atoms with van der Waals surface area (Å²) in [7, 11) is 2.13. The topological polar surface area (TPSA) is 50.9 Å². The van der Waals surface area contributed by atoms with Crippen molar-refractivity contribution in [2.24, 2.45) is 0 Å². The number of carbonyl (C=O) groups excluding carboxylic acids is 1. The first-order chi connectivity index (χ1) is 13.9. The maximum Gasteiger partial charge on any atom is 0.315 e. The van der Waals surface area contributed by atoms with E-state index in [1.807, 2.05) is 6.92 Å². The second-order valence-corrected chi connectivity index (χ2v) is 8.66. The Kier molecular flexibility index (Phi) is 8.12. The molecule has 2 amide bonds. The van der Waals surface area contributed by atoms with Crippen molar-refractivity contribution >= 4 is 17.6 Å². The lowest BCUT2D eigenvalue weighted by molar-refractivity contribution is 0.144. The first-order valence-electron chi connectivity index (χ1n) is 10.6. The van der Waals surface area contributed by atoms with Crippen LogP contribution in [0.2, 0.25) is 5.02 Å². The summed E-state index contributed by atoms with van der Waals surface area (Å²) in [6.45, 7) is 9.10. The summed E-state index contributed by atoms with van der Waals surface area (Å²) in [5.41, 5.74) is 0.474. The highest BCUT2D eigenvalue weighted by Gasteiger charge is 2.28. The van der Waals surface area contributed by atoms with E-state index in [9.17, 15) is 9.18 Å². The quantitative estimate of drug-likeness (QED) is 0.705. The van der Waals surface area contributed by atoms with E-state index >= 15 is 0 Å². The first-order valence-corrected chi connectivity index (χ1v) is 10.9. The molecule has 2 saturated heterocycles. The van der Waals surface area contributed by atoms with Crippen LogP contribution in [0.15, 0.2) is 18.2 Å². The maximum absolute atomic E-state index is 14.5. The first kappa shape index (κ1) is 22.3. The van der Waals surface area contributed by atoms with Gasteiger partial charge in [-0.3, -0.25) is 9.80 Å². The lowest BCUT2D eigenvalue weighted by atomic mass is 10.0. The number of hydrogen-bond acceptors (Lipinski definition) is 4. The van der Waals surface area contributed by atoms with Gasteiger partial charge in [0.05, 0.1) is 6.04 Å². The molecule has 1 aromatic rings. The fourth-order valence-electron chi connectivity index (χ4n) is 4.22. The third kappa shape index (κ3) is 6.28. The van der Waals surface area contributed by atoms with Crippen LogP contribution < -0.4 is 10.6 Å². The average molecular weight is 426 g/mol. The molecule has 2 N–H and O–H groups in total. The summed E-state index contributed by atoms with van der Waals surface area (Å²) >= 11 is 6.32. The van der Waals surface area contributed by atoms with Crippen molar-refractivity contribution in [3.63, 3.8) is 0 Å². The molecule has 162 valence electrons. The van der Waals surface area contributed by atoms with Gasteiger partial charge >= 0.3 is 6.03 Å². The SMILES string of the molecule is CC(CN1CCN(C)CC1)NC(=O)NCC(c1c(F)cccc1Cl)N1CCCC1. The number of piperazine rings is 1. The van der Waals surface area contributed by atoms with Crippen LogP contribution in [-0.4, -0.2) is 86.2 Å². The van der Waals surface area contributed by atoms with Crippen LogP contribution in [-0.2, 0) is 0 Å². The molecule has 3 rings (SSSR count). The number of nitrogens with one attached hydrogen (secondary N) is 2. The maximum atomic E-state index is 14.5. The van der Waals surface area contributed by atoms with Crippen molar-refractivity contribution in [1.29, 1.82) is 0 Å². The molecule has 6 nitrogen and oxygen atoms in total. The van der Waals surface area contributed by atoms with E-state index in [4.69, 9.17) is 11.6 Å². The van der Waals surface area contributed by atoms with Gasteiger partial charge in [0.25, 0.3) is 0 Å². The molecule has 8 heteroatoms. The molecule has 2 fully saturated rings. The van der Waals surface area contributed by atoms with E-state index in [0.717, 1.165) is 58.7 Å². The summed E-state index contributed by atoms with van der Waals surface area (Å²) in [4.78, 5) is 19.4. The molecule has 2 heterocycles. The Bertz CT molecular complexity index is 657. The molecule has 0 spiro atoms. The third-order valence-corrected chi connectivity index (χ3v) is 6.21. The van der Waals surface area contributed by atoms with Crippen molar-refractivity contribution in [1.82, 2.24) is 25.3 Å². The highest BCUT2D eigenvalue weighted by atomic mass is 35.5. The highest BCUT2D eigenvalue weighted by molar-refractivity contribution is 6.31.